The number of carboxylic acids is 1. The third-order valence-corrected chi connectivity index (χ3v) is 4.75. The summed E-state index contributed by atoms with van der Waals surface area (Å²) < 4.78 is 0.481. The van der Waals surface area contributed by atoms with E-state index in [1.807, 2.05) is 51.5 Å². The predicted molar refractivity (Wildman–Crippen MR) is 133 cm³/mol. The van der Waals surface area contributed by atoms with Crippen molar-refractivity contribution in [2.45, 2.75) is 76.7 Å². The Hall–Kier alpha value is -1.91. The lowest BCUT2D eigenvalue weighted by atomic mass is 9.97. The molecule has 0 aliphatic heterocycles. The molecule has 31 heavy (non-hydrogen) atoms. The summed E-state index contributed by atoms with van der Waals surface area (Å²) in [4.78, 5) is 11.0. The number of allylic oxidation sites excluding steroid dienone is 9. The summed E-state index contributed by atoms with van der Waals surface area (Å²) in [6.07, 6.45) is 30.7. The molecule has 0 heterocycles. The number of carboxylic acid groups (broad SMARTS) is 1. The lowest BCUT2D eigenvalue weighted by Gasteiger charge is -2.32. The molecular formula is C27H46NO3+. The number of aliphatic hydroxyl groups is 1. The lowest BCUT2D eigenvalue weighted by Crippen LogP contribution is -2.49. The Morgan fingerprint density at radius 1 is 0.774 bits per heavy atom. The second-order valence-electron chi connectivity index (χ2n) is 9.33. The Bertz CT molecular complexity index is 608. The first-order valence-corrected chi connectivity index (χ1v) is 11.8. The van der Waals surface area contributed by atoms with Gasteiger partial charge in [0.2, 0.25) is 0 Å². The van der Waals surface area contributed by atoms with Crippen molar-refractivity contribution in [3.8, 4) is 0 Å². The van der Waals surface area contributed by atoms with Crippen molar-refractivity contribution >= 4 is 5.97 Å². The van der Waals surface area contributed by atoms with Gasteiger partial charge in [0.15, 0.2) is 0 Å². The van der Waals surface area contributed by atoms with Gasteiger partial charge in [-0.15, -0.1) is 0 Å². The Morgan fingerprint density at radius 2 is 1.26 bits per heavy atom. The second-order valence-corrected chi connectivity index (χ2v) is 9.33. The molecular weight excluding hydrogens is 386 g/mol. The fraction of sp³-hybridized carbons (Fsp3) is 0.593. The van der Waals surface area contributed by atoms with Gasteiger partial charge in [0.05, 0.1) is 27.6 Å². The van der Waals surface area contributed by atoms with Crippen LogP contribution in [0, 0.1) is 0 Å². The highest BCUT2D eigenvalue weighted by atomic mass is 16.4. The van der Waals surface area contributed by atoms with Crippen LogP contribution in [0.4, 0.5) is 0 Å². The predicted octanol–water partition coefficient (Wildman–Crippen LogP) is 6.21. The Labute approximate surface area is 190 Å². The second kappa shape index (κ2) is 17.7. The van der Waals surface area contributed by atoms with E-state index >= 15 is 0 Å². The maximum Gasteiger partial charge on any atom is 0.306 e. The zero-order valence-corrected chi connectivity index (χ0v) is 20.3. The molecule has 0 aliphatic carbocycles. The number of nitrogens with zero attached hydrogens (tertiary/aromatic N) is 1. The molecule has 4 heteroatoms. The van der Waals surface area contributed by atoms with Crippen molar-refractivity contribution in [3.05, 3.63) is 60.8 Å². The summed E-state index contributed by atoms with van der Waals surface area (Å²) in [7, 11) is 5.78. The molecule has 0 saturated heterocycles. The highest BCUT2D eigenvalue weighted by molar-refractivity contribution is 5.68. The quantitative estimate of drug-likeness (QED) is 0.154. The maximum atomic E-state index is 11.0. The first-order valence-electron chi connectivity index (χ1n) is 11.8. The average Bonchev–Trinajstić information content (AvgIpc) is 2.65. The van der Waals surface area contributed by atoms with Crippen LogP contribution in [0.2, 0.25) is 0 Å². The molecule has 0 rings (SSSR count). The smallest absolute Gasteiger partial charge is 0.306 e. The molecule has 0 bridgehead atoms. The summed E-state index contributed by atoms with van der Waals surface area (Å²) in [6, 6.07) is 0. The van der Waals surface area contributed by atoms with Crippen LogP contribution in [0.1, 0.15) is 71.1 Å². The summed E-state index contributed by atoms with van der Waals surface area (Å²) in [5, 5.41) is 19.7. The summed E-state index contributed by atoms with van der Waals surface area (Å²) in [5.74, 6) is -1.01. The first kappa shape index (κ1) is 29.1. The topological polar surface area (TPSA) is 57.5 Å². The molecule has 1 unspecified atom stereocenters. The fourth-order valence-corrected chi connectivity index (χ4v) is 3.44. The third-order valence-electron chi connectivity index (χ3n) is 4.75. The Kier molecular flexibility index (Phi) is 16.6. The molecule has 0 aromatic carbocycles. The van der Waals surface area contributed by atoms with Crippen LogP contribution in [0.3, 0.4) is 0 Å². The average molecular weight is 433 g/mol. The SMILES string of the molecule is CCCCCCCCCCC=CC=CC=CC=CC=CC(O)(CC(=O)O)C[N+](C)(C)C. The van der Waals surface area contributed by atoms with Gasteiger partial charge in [0, 0.05) is 0 Å². The summed E-state index contributed by atoms with van der Waals surface area (Å²) in [6.45, 7) is 2.58. The van der Waals surface area contributed by atoms with Gasteiger partial charge < -0.3 is 14.7 Å². The summed E-state index contributed by atoms with van der Waals surface area (Å²) >= 11 is 0. The van der Waals surface area contributed by atoms with Gasteiger partial charge in [0.1, 0.15) is 12.1 Å². The van der Waals surface area contributed by atoms with E-state index in [1.165, 1.54) is 51.4 Å². The molecule has 0 spiro atoms. The first-order chi connectivity index (χ1) is 14.7. The van der Waals surface area contributed by atoms with E-state index in [2.05, 4.69) is 19.1 Å². The van der Waals surface area contributed by atoms with E-state index in [9.17, 15) is 9.90 Å². The van der Waals surface area contributed by atoms with E-state index in [-0.39, 0.29) is 6.42 Å². The molecule has 0 saturated carbocycles. The van der Waals surface area contributed by atoms with Gasteiger partial charge in [-0.1, -0.05) is 107 Å². The highest BCUT2D eigenvalue weighted by Gasteiger charge is 2.33. The molecule has 0 amide bonds. The van der Waals surface area contributed by atoms with Crippen LogP contribution in [0.25, 0.3) is 0 Å². The molecule has 0 radical (unpaired) electrons. The van der Waals surface area contributed by atoms with Crippen LogP contribution in [0.5, 0.6) is 0 Å². The standard InChI is InChI=1S/C27H45NO3/c1-5-6-7-8-9-10-11-12-13-14-15-16-17-18-19-20-21-22-23-27(31,24-26(29)30)25-28(2,3)4/h14-23,31H,5-13,24-25H2,1-4H3/p+1. The fourth-order valence-electron chi connectivity index (χ4n) is 3.44. The zero-order chi connectivity index (χ0) is 23.4. The zero-order valence-electron chi connectivity index (χ0n) is 20.3. The van der Waals surface area contributed by atoms with Crippen LogP contribution in [-0.2, 0) is 4.79 Å². The highest BCUT2D eigenvalue weighted by Crippen LogP contribution is 2.16. The van der Waals surface area contributed by atoms with Crippen LogP contribution < -0.4 is 0 Å². The maximum absolute atomic E-state index is 11.0. The molecule has 0 aliphatic rings. The molecule has 1 atom stereocenters. The lowest BCUT2D eigenvalue weighted by molar-refractivity contribution is -0.876. The van der Waals surface area contributed by atoms with Gasteiger partial charge in [-0.05, 0) is 18.9 Å². The van der Waals surface area contributed by atoms with E-state index in [0.29, 0.717) is 11.0 Å². The minimum absolute atomic E-state index is 0.309. The number of likely N-dealkylation sites (N-methyl/N-ethyl adjacent to an activating group) is 1. The van der Waals surface area contributed by atoms with E-state index < -0.39 is 11.6 Å². The third kappa shape index (κ3) is 21.1. The molecule has 4 nitrogen and oxygen atoms in total. The largest absolute Gasteiger partial charge is 0.481 e. The molecule has 0 aromatic heterocycles. The number of rotatable bonds is 18. The number of hydrogen-bond acceptors (Lipinski definition) is 2. The Morgan fingerprint density at radius 3 is 1.77 bits per heavy atom. The number of unbranched alkanes of at least 4 members (excludes halogenated alkanes) is 8. The van der Waals surface area contributed by atoms with Gasteiger partial charge in [-0.25, -0.2) is 0 Å². The van der Waals surface area contributed by atoms with Crippen LogP contribution in [-0.4, -0.2) is 54.0 Å². The number of quaternary nitrogens is 1. The van der Waals surface area contributed by atoms with Crippen molar-refractivity contribution in [1.82, 2.24) is 0 Å². The van der Waals surface area contributed by atoms with Crippen LogP contribution >= 0.6 is 0 Å². The number of aliphatic carboxylic acids is 1. The van der Waals surface area contributed by atoms with Crippen molar-refractivity contribution in [3.63, 3.8) is 0 Å². The molecule has 2 N–H and O–H groups in total. The van der Waals surface area contributed by atoms with Crippen molar-refractivity contribution in [2.24, 2.45) is 0 Å². The normalized spacial score (nSPS) is 15.3. The summed E-state index contributed by atoms with van der Waals surface area (Å²) in [5.41, 5.74) is -1.36. The minimum atomic E-state index is -1.36. The molecule has 176 valence electrons. The van der Waals surface area contributed by atoms with Crippen molar-refractivity contribution in [2.75, 3.05) is 27.7 Å². The number of hydrogen-bond donors (Lipinski definition) is 2. The van der Waals surface area contributed by atoms with Crippen molar-refractivity contribution in [1.29, 1.82) is 0 Å². The van der Waals surface area contributed by atoms with E-state index in [0.717, 1.165) is 6.42 Å². The van der Waals surface area contributed by atoms with Crippen molar-refractivity contribution < 1.29 is 19.5 Å². The van der Waals surface area contributed by atoms with Gasteiger partial charge in [0.25, 0.3) is 0 Å². The van der Waals surface area contributed by atoms with E-state index in [1.54, 1.807) is 18.2 Å². The van der Waals surface area contributed by atoms with Crippen LogP contribution in [0.15, 0.2) is 60.8 Å². The van der Waals surface area contributed by atoms with E-state index in [4.69, 9.17) is 5.11 Å². The molecule has 0 fully saturated rings. The number of carbonyl (C=O) groups is 1. The minimum Gasteiger partial charge on any atom is -0.481 e. The molecule has 0 aromatic rings. The van der Waals surface area contributed by atoms with Gasteiger partial charge >= 0.3 is 5.97 Å². The Balaban J connectivity index is 4.10. The monoisotopic (exact) mass is 432 g/mol. The van der Waals surface area contributed by atoms with Gasteiger partial charge in [-0.3, -0.25) is 4.79 Å². The van der Waals surface area contributed by atoms with Gasteiger partial charge in [-0.2, -0.15) is 0 Å².